The first-order chi connectivity index (χ1) is 9.02. The standard InChI is InChI=1S/C13H13ClN2O2S/c1-3-16(9-6-4-8(2)5-7-9)13-15-11(14)10(19-13)12(17)18/h4-7H,3H2,1-2H3,(H,17,18). The average molecular weight is 297 g/mol. The Kier molecular flexibility index (Phi) is 4.07. The van der Waals surface area contributed by atoms with E-state index in [-0.39, 0.29) is 10.0 Å². The number of aromatic carboxylic acids is 1. The van der Waals surface area contributed by atoms with E-state index in [2.05, 4.69) is 4.98 Å². The van der Waals surface area contributed by atoms with Crippen molar-refractivity contribution in [3.63, 3.8) is 0 Å². The van der Waals surface area contributed by atoms with Gasteiger partial charge in [-0.05, 0) is 26.0 Å². The van der Waals surface area contributed by atoms with Crippen LogP contribution in [0.25, 0.3) is 0 Å². The van der Waals surface area contributed by atoms with Crippen molar-refractivity contribution in [3.8, 4) is 0 Å². The minimum absolute atomic E-state index is 0.0399. The Bertz CT molecular complexity index is 595. The van der Waals surface area contributed by atoms with Gasteiger partial charge in [-0.25, -0.2) is 9.78 Å². The fraction of sp³-hybridized carbons (Fsp3) is 0.231. The van der Waals surface area contributed by atoms with Crippen molar-refractivity contribution in [2.24, 2.45) is 0 Å². The molecule has 1 aromatic heterocycles. The normalized spacial score (nSPS) is 10.5. The molecule has 0 fully saturated rings. The summed E-state index contributed by atoms with van der Waals surface area (Å²) >= 11 is 6.93. The van der Waals surface area contributed by atoms with E-state index >= 15 is 0 Å². The monoisotopic (exact) mass is 296 g/mol. The zero-order valence-electron chi connectivity index (χ0n) is 10.6. The average Bonchev–Trinajstić information content (AvgIpc) is 2.75. The lowest BCUT2D eigenvalue weighted by atomic mass is 10.2. The summed E-state index contributed by atoms with van der Waals surface area (Å²) in [5.74, 6) is -1.05. The molecule has 2 rings (SSSR count). The van der Waals surface area contributed by atoms with Crippen LogP contribution in [0.1, 0.15) is 22.2 Å². The maximum absolute atomic E-state index is 11.0. The second-order valence-electron chi connectivity index (χ2n) is 4.00. The molecule has 0 amide bonds. The molecule has 0 bridgehead atoms. The van der Waals surface area contributed by atoms with Crippen LogP contribution in [0.15, 0.2) is 24.3 Å². The van der Waals surface area contributed by atoms with Crippen LogP contribution >= 0.6 is 22.9 Å². The molecular weight excluding hydrogens is 284 g/mol. The lowest BCUT2D eigenvalue weighted by Gasteiger charge is -2.19. The maximum atomic E-state index is 11.0. The molecule has 0 saturated carbocycles. The zero-order valence-corrected chi connectivity index (χ0v) is 12.1. The Balaban J connectivity index is 2.39. The van der Waals surface area contributed by atoms with Crippen molar-refractivity contribution >= 4 is 39.7 Å². The highest BCUT2D eigenvalue weighted by Gasteiger charge is 2.19. The molecule has 1 aromatic carbocycles. The number of halogens is 1. The van der Waals surface area contributed by atoms with Crippen molar-refractivity contribution in [2.75, 3.05) is 11.4 Å². The largest absolute Gasteiger partial charge is 0.477 e. The van der Waals surface area contributed by atoms with Crippen LogP contribution in [0.4, 0.5) is 10.8 Å². The predicted molar refractivity (Wildman–Crippen MR) is 77.9 cm³/mol. The molecule has 0 aliphatic rings. The second-order valence-corrected chi connectivity index (χ2v) is 5.34. The van der Waals surface area contributed by atoms with Gasteiger partial charge in [-0.1, -0.05) is 40.6 Å². The second kappa shape index (κ2) is 5.59. The fourth-order valence-corrected chi connectivity index (χ4v) is 2.90. The molecular formula is C13H13ClN2O2S. The number of hydrogen-bond acceptors (Lipinski definition) is 4. The number of thiazole rings is 1. The van der Waals surface area contributed by atoms with E-state index in [0.717, 1.165) is 17.0 Å². The van der Waals surface area contributed by atoms with Crippen LogP contribution in [0.3, 0.4) is 0 Å². The summed E-state index contributed by atoms with van der Waals surface area (Å²) in [6.07, 6.45) is 0. The first kappa shape index (κ1) is 13.8. The smallest absolute Gasteiger partial charge is 0.349 e. The van der Waals surface area contributed by atoms with Crippen molar-refractivity contribution in [3.05, 3.63) is 39.9 Å². The van der Waals surface area contributed by atoms with E-state index < -0.39 is 5.97 Å². The van der Waals surface area contributed by atoms with E-state index in [1.807, 2.05) is 43.0 Å². The number of aryl methyl sites for hydroxylation is 1. The number of carboxylic acid groups (broad SMARTS) is 1. The van der Waals surface area contributed by atoms with E-state index in [4.69, 9.17) is 16.7 Å². The number of anilines is 2. The van der Waals surface area contributed by atoms with Gasteiger partial charge >= 0.3 is 5.97 Å². The summed E-state index contributed by atoms with van der Waals surface area (Å²) < 4.78 is 0. The Morgan fingerprint density at radius 1 is 1.42 bits per heavy atom. The molecule has 0 spiro atoms. The Morgan fingerprint density at radius 2 is 2.05 bits per heavy atom. The van der Waals surface area contributed by atoms with Crippen molar-refractivity contribution < 1.29 is 9.90 Å². The van der Waals surface area contributed by atoms with Crippen LogP contribution in [-0.2, 0) is 0 Å². The van der Waals surface area contributed by atoms with Crippen LogP contribution in [0.2, 0.25) is 5.15 Å². The predicted octanol–water partition coefficient (Wildman–Crippen LogP) is 3.96. The molecule has 6 heteroatoms. The molecule has 2 aromatic rings. The first-order valence-electron chi connectivity index (χ1n) is 5.76. The van der Waals surface area contributed by atoms with Crippen LogP contribution in [0, 0.1) is 6.92 Å². The number of nitrogens with zero attached hydrogens (tertiary/aromatic N) is 2. The van der Waals surface area contributed by atoms with Crippen molar-refractivity contribution in [2.45, 2.75) is 13.8 Å². The highest BCUT2D eigenvalue weighted by Crippen LogP contribution is 2.33. The molecule has 0 aliphatic heterocycles. The van der Waals surface area contributed by atoms with Crippen molar-refractivity contribution in [1.29, 1.82) is 0 Å². The van der Waals surface area contributed by atoms with E-state index in [1.165, 1.54) is 5.56 Å². The summed E-state index contributed by atoms with van der Waals surface area (Å²) in [4.78, 5) is 17.1. The molecule has 0 radical (unpaired) electrons. The molecule has 0 unspecified atom stereocenters. The number of carboxylic acids is 1. The summed E-state index contributed by atoms with van der Waals surface area (Å²) in [7, 11) is 0. The van der Waals surface area contributed by atoms with Crippen LogP contribution in [-0.4, -0.2) is 22.6 Å². The molecule has 0 saturated heterocycles. The number of hydrogen-bond donors (Lipinski definition) is 1. The third-order valence-corrected chi connectivity index (χ3v) is 4.11. The van der Waals surface area contributed by atoms with E-state index in [0.29, 0.717) is 11.7 Å². The highest BCUT2D eigenvalue weighted by atomic mass is 35.5. The molecule has 19 heavy (non-hydrogen) atoms. The topological polar surface area (TPSA) is 53.4 Å². The Morgan fingerprint density at radius 3 is 2.53 bits per heavy atom. The fourth-order valence-electron chi connectivity index (χ4n) is 1.69. The molecule has 0 atom stereocenters. The first-order valence-corrected chi connectivity index (χ1v) is 6.96. The van der Waals surface area contributed by atoms with E-state index in [1.54, 1.807) is 0 Å². The Labute approximate surface area is 120 Å². The van der Waals surface area contributed by atoms with Gasteiger partial charge in [0.25, 0.3) is 0 Å². The van der Waals surface area contributed by atoms with Gasteiger partial charge in [0.05, 0.1) is 0 Å². The highest BCUT2D eigenvalue weighted by molar-refractivity contribution is 7.18. The third kappa shape index (κ3) is 2.88. The van der Waals surface area contributed by atoms with Gasteiger partial charge < -0.3 is 10.0 Å². The van der Waals surface area contributed by atoms with Crippen LogP contribution in [0.5, 0.6) is 0 Å². The van der Waals surface area contributed by atoms with Crippen molar-refractivity contribution in [1.82, 2.24) is 4.98 Å². The van der Waals surface area contributed by atoms with Crippen LogP contribution < -0.4 is 4.90 Å². The lowest BCUT2D eigenvalue weighted by Crippen LogP contribution is -2.15. The molecule has 1 heterocycles. The molecule has 0 aliphatic carbocycles. The quantitative estimate of drug-likeness (QED) is 0.928. The molecule has 4 nitrogen and oxygen atoms in total. The number of benzene rings is 1. The van der Waals surface area contributed by atoms with Gasteiger partial charge in [-0.2, -0.15) is 0 Å². The third-order valence-electron chi connectivity index (χ3n) is 2.66. The van der Waals surface area contributed by atoms with Gasteiger partial charge in [-0.15, -0.1) is 0 Å². The summed E-state index contributed by atoms with van der Waals surface area (Å²) in [5.41, 5.74) is 2.14. The minimum Gasteiger partial charge on any atom is -0.477 e. The summed E-state index contributed by atoms with van der Waals surface area (Å²) in [6.45, 7) is 4.68. The summed E-state index contributed by atoms with van der Waals surface area (Å²) in [5, 5.41) is 9.64. The maximum Gasteiger partial charge on any atom is 0.349 e. The minimum atomic E-state index is -1.05. The van der Waals surface area contributed by atoms with Gasteiger partial charge in [-0.3, -0.25) is 0 Å². The Hall–Kier alpha value is -1.59. The van der Waals surface area contributed by atoms with Gasteiger partial charge in [0.2, 0.25) is 0 Å². The SMILES string of the molecule is CCN(c1ccc(C)cc1)c1nc(Cl)c(C(=O)O)s1. The molecule has 1 N–H and O–H groups in total. The van der Waals surface area contributed by atoms with E-state index in [9.17, 15) is 4.79 Å². The summed E-state index contributed by atoms with van der Waals surface area (Å²) in [6, 6.07) is 7.97. The molecule has 100 valence electrons. The van der Waals surface area contributed by atoms with Gasteiger partial charge in [0, 0.05) is 12.2 Å². The number of aromatic nitrogens is 1. The number of rotatable bonds is 4. The zero-order chi connectivity index (χ0) is 14.0. The lowest BCUT2D eigenvalue weighted by molar-refractivity contribution is 0.0702. The van der Waals surface area contributed by atoms with Gasteiger partial charge in [0.15, 0.2) is 15.2 Å². The van der Waals surface area contributed by atoms with Gasteiger partial charge in [0.1, 0.15) is 0 Å². The number of carbonyl (C=O) groups is 1.